The maximum atomic E-state index is 13.3. The van der Waals surface area contributed by atoms with Crippen molar-refractivity contribution in [3.63, 3.8) is 0 Å². The Kier molecular flexibility index (Phi) is 5.16. The van der Waals surface area contributed by atoms with Crippen LogP contribution in [0.5, 0.6) is 5.75 Å². The van der Waals surface area contributed by atoms with E-state index in [0.717, 1.165) is 11.3 Å². The average molecular weight is 389 g/mol. The third-order valence-electron chi connectivity index (χ3n) is 5.49. The first-order chi connectivity index (χ1) is 14.1. The van der Waals surface area contributed by atoms with Gasteiger partial charge in [0.25, 0.3) is 11.8 Å². The Labute approximate surface area is 169 Å². The number of benzene rings is 2. The zero-order valence-electron chi connectivity index (χ0n) is 16.3. The summed E-state index contributed by atoms with van der Waals surface area (Å²) >= 11 is 0. The van der Waals surface area contributed by atoms with E-state index in [0.29, 0.717) is 42.7 Å². The molecular formula is C23H23N3O3. The zero-order valence-corrected chi connectivity index (χ0v) is 16.3. The lowest BCUT2D eigenvalue weighted by Gasteiger charge is -2.30. The van der Waals surface area contributed by atoms with Gasteiger partial charge in [0.2, 0.25) is 0 Å². The molecule has 4 rings (SSSR count). The quantitative estimate of drug-likeness (QED) is 0.871. The number of rotatable bonds is 4. The van der Waals surface area contributed by atoms with Gasteiger partial charge in [0.1, 0.15) is 11.5 Å². The van der Waals surface area contributed by atoms with Crippen molar-refractivity contribution in [3.05, 3.63) is 71.3 Å². The molecular weight excluding hydrogens is 366 g/mol. The van der Waals surface area contributed by atoms with E-state index in [4.69, 9.17) is 15.5 Å². The Hall–Kier alpha value is -3.41. The summed E-state index contributed by atoms with van der Waals surface area (Å²) in [7, 11) is 1.61. The highest BCUT2D eigenvalue weighted by Crippen LogP contribution is 2.38. The molecule has 2 aliphatic rings. The van der Waals surface area contributed by atoms with Gasteiger partial charge in [-0.1, -0.05) is 36.4 Å². The molecule has 0 saturated heterocycles. The van der Waals surface area contributed by atoms with E-state index < -0.39 is 5.91 Å². The van der Waals surface area contributed by atoms with Crippen LogP contribution in [0, 0.1) is 0 Å². The number of amides is 2. The lowest BCUT2D eigenvalue weighted by atomic mass is 9.91. The van der Waals surface area contributed by atoms with Crippen molar-refractivity contribution in [2.75, 3.05) is 18.6 Å². The van der Waals surface area contributed by atoms with Gasteiger partial charge < -0.3 is 15.4 Å². The molecule has 0 radical (unpaired) electrons. The second-order valence-corrected chi connectivity index (χ2v) is 7.14. The molecule has 0 saturated carbocycles. The number of nitrogens with zero attached hydrogens (tertiary/aromatic N) is 2. The Bertz CT molecular complexity index is 1010. The molecule has 2 aliphatic heterocycles. The fourth-order valence-electron chi connectivity index (χ4n) is 4.10. The SMILES string of the molecule is COc1ccccc1C1CCC2=C(CCN(c3ccccc3)C2=O)C(C(N)=O)=N1. The highest BCUT2D eigenvalue weighted by Gasteiger charge is 2.34. The lowest BCUT2D eigenvalue weighted by Crippen LogP contribution is -2.40. The Morgan fingerprint density at radius 3 is 2.52 bits per heavy atom. The summed E-state index contributed by atoms with van der Waals surface area (Å²) in [6.45, 7) is 0.493. The molecule has 2 aromatic rings. The van der Waals surface area contributed by atoms with Crippen LogP contribution in [-0.4, -0.2) is 31.2 Å². The summed E-state index contributed by atoms with van der Waals surface area (Å²) in [5, 5.41) is 0. The van der Waals surface area contributed by atoms with Gasteiger partial charge in [-0.2, -0.15) is 0 Å². The van der Waals surface area contributed by atoms with Crippen molar-refractivity contribution < 1.29 is 14.3 Å². The van der Waals surface area contributed by atoms with Crippen LogP contribution in [0.25, 0.3) is 0 Å². The number of primary amides is 1. The molecule has 2 N–H and O–H groups in total. The highest BCUT2D eigenvalue weighted by atomic mass is 16.5. The van der Waals surface area contributed by atoms with Crippen LogP contribution >= 0.6 is 0 Å². The fourth-order valence-corrected chi connectivity index (χ4v) is 4.10. The molecule has 1 atom stereocenters. The zero-order chi connectivity index (χ0) is 20.4. The number of hydrogen-bond donors (Lipinski definition) is 1. The Morgan fingerprint density at radius 2 is 1.79 bits per heavy atom. The number of para-hydroxylation sites is 2. The van der Waals surface area contributed by atoms with Crippen molar-refractivity contribution in [2.45, 2.75) is 25.3 Å². The number of anilines is 1. The minimum absolute atomic E-state index is 0.0768. The van der Waals surface area contributed by atoms with Gasteiger partial charge in [-0.25, -0.2) is 0 Å². The van der Waals surface area contributed by atoms with Crippen LogP contribution in [0.2, 0.25) is 0 Å². The standard InChI is InChI=1S/C23H23N3O3/c1-29-20-10-6-5-9-18(20)19-12-11-17-16(21(25-19)22(24)27)13-14-26(23(17)28)15-7-3-2-4-8-15/h2-10,19H,11-14H2,1H3,(H2,24,27). The predicted octanol–water partition coefficient (Wildman–Crippen LogP) is 3.19. The first kappa shape index (κ1) is 18.9. The minimum Gasteiger partial charge on any atom is -0.496 e. The van der Waals surface area contributed by atoms with Gasteiger partial charge in [-0.3, -0.25) is 14.6 Å². The largest absolute Gasteiger partial charge is 0.496 e. The molecule has 6 nitrogen and oxygen atoms in total. The van der Waals surface area contributed by atoms with E-state index in [-0.39, 0.29) is 17.7 Å². The molecule has 2 amide bonds. The van der Waals surface area contributed by atoms with E-state index in [2.05, 4.69) is 0 Å². The van der Waals surface area contributed by atoms with Crippen LogP contribution in [0.4, 0.5) is 5.69 Å². The van der Waals surface area contributed by atoms with Gasteiger partial charge in [-0.05, 0) is 43.0 Å². The topological polar surface area (TPSA) is 85.0 Å². The first-order valence-corrected chi connectivity index (χ1v) is 9.70. The predicted molar refractivity (Wildman–Crippen MR) is 112 cm³/mol. The third kappa shape index (κ3) is 3.53. The molecule has 2 heterocycles. The maximum Gasteiger partial charge on any atom is 0.267 e. The van der Waals surface area contributed by atoms with E-state index in [1.54, 1.807) is 12.0 Å². The minimum atomic E-state index is -0.597. The van der Waals surface area contributed by atoms with E-state index >= 15 is 0 Å². The molecule has 0 fully saturated rings. The van der Waals surface area contributed by atoms with Crippen LogP contribution in [-0.2, 0) is 9.59 Å². The van der Waals surface area contributed by atoms with Crippen molar-refractivity contribution in [1.29, 1.82) is 0 Å². The number of carbonyl (C=O) groups is 2. The number of methoxy groups -OCH3 is 1. The number of carbonyl (C=O) groups excluding carboxylic acids is 2. The molecule has 2 aromatic carbocycles. The lowest BCUT2D eigenvalue weighted by molar-refractivity contribution is -0.115. The summed E-state index contributed by atoms with van der Waals surface area (Å²) in [4.78, 5) is 32.0. The molecule has 0 spiro atoms. The van der Waals surface area contributed by atoms with E-state index in [1.165, 1.54) is 0 Å². The molecule has 0 bridgehead atoms. The van der Waals surface area contributed by atoms with Gasteiger partial charge in [0, 0.05) is 23.4 Å². The van der Waals surface area contributed by atoms with Crippen LogP contribution in [0.15, 0.2) is 70.7 Å². The van der Waals surface area contributed by atoms with E-state index in [9.17, 15) is 9.59 Å². The summed E-state index contributed by atoms with van der Waals surface area (Å²) < 4.78 is 5.48. The van der Waals surface area contributed by atoms with Gasteiger partial charge in [0.15, 0.2) is 0 Å². The Morgan fingerprint density at radius 1 is 1.07 bits per heavy atom. The number of hydrogen-bond acceptors (Lipinski definition) is 4. The van der Waals surface area contributed by atoms with Crippen molar-refractivity contribution in [3.8, 4) is 5.75 Å². The normalized spacial score (nSPS) is 19.3. The first-order valence-electron chi connectivity index (χ1n) is 9.70. The van der Waals surface area contributed by atoms with Crippen molar-refractivity contribution in [1.82, 2.24) is 0 Å². The summed E-state index contributed by atoms with van der Waals surface area (Å²) in [6.07, 6.45) is 1.68. The average Bonchev–Trinajstić information content (AvgIpc) is 2.95. The van der Waals surface area contributed by atoms with Crippen LogP contribution in [0.3, 0.4) is 0 Å². The number of ether oxygens (including phenoxy) is 1. The van der Waals surface area contributed by atoms with Crippen LogP contribution in [0.1, 0.15) is 30.9 Å². The Balaban J connectivity index is 1.72. The van der Waals surface area contributed by atoms with E-state index in [1.807, 2.05) is 54.6 Å². The number of nitrogens with two attached hydrogens (primary N) is 1. The monoisotopic (exact) mass is 389 g/mol. The maximum absolute atomic E-state index is 13.3. The number of aliphatic imine (C=N–C) groups is 1. The van der Waals surface area contributed by atoms with Gasteiger partial charge in [-0.15, -0.1) is 0 Å². The summed E-state index contributed by atoms with van der Waals surface area (Å²) in [5.41, 5.74) is 8.97. The highest BCUT2D eigenvalue weighted by molar-refractivity contribution is 6.46. The smallest absolute Gasteiger partial charge is 0.267 e. The molecule has 29 heavy (non-hydrogen) atoms. The third-order valence-corrected chi connectivity index (χ3v) is 5.49. The molecule has 148 valence electrons. The van der Waals surface area contributed by atoms with Gasteiger partial charge >= 0.3 is 0 Å². The van der Waals surface area contributed by atoms with Crippen molar-refractivity contribution >= 4 is 23.2 Å². The molecule has 1 unspecified atom stereocenters. The molecule has 0 aliphatic carbocycles. The summed E-state index contributed by atoms with van der Waals surface area (Å²) in [5.74, 6) is 0.0366. The summed E-state index contributed by atoms with van der Waals surface area (Å²) in [6, 6.07) is 16.9. The van der Waals surface area contributed by atoms with Crippen LogP contribution < -0.4 is 15.4 Å². The fraction of sp³-hybridized carbons (Fsp3) is 0.261. The van der Waals surface area contributed by atoms with Gasteiger partial charge in [0.05, 0.1) is 13.2 Å². The van der Waals surface area contributed by atoms with Crippen molar-refractivity contribution in [2.24, 2.45) is 10.7 Å². The molecule has 6 heteroatoms. The second kappa shape index (κ2) is 7.91. The molecule has 0 aromatic heterocycles. The second-order valence-electron chi connectivity index (χ2n) is 7.14.